The van der Waals surface area contributed by atoms with Gasteiger partial charge in [0.15, 0.2) is 24.7 Å². The zero-order valence-electron chi connectivity index (χ0n) is 34.3. The Hall–Kier alpha value is -7.04. The molecule has 9 N–H and O–H groups in total. The van der Waals surface area contributed by atoms with Crippen molar-refractivity contribution in [2.24, 2.45) is 0 Å². The molecule has 8 atom stereocenters. The number of methoxy groups -OCH3 is 1. The van der Waals surface area contributed by atoms with Crippen LogP contribution in [0.4, 0.5) is 20.4 Å². The topological polar surface area (TPSA) is 249 Å². The average molecular weight is 889 g/mol. The fraction of sp³-hybridized carbons (Fsp3) is 0.261. The van der Waals surface area contributed by atoms with Crippen LogP contribution >= 0.6 is 0 Å². The number of aliphatic hydroxyl groups is 6. The molecule has 0 saturated carbocycles. The van der Waals surface area contributed by atoms with E-state index < -0.39 is 66.3 Å². The van der Waals surface area contributed by atoms with Crippen molar-refractivity contribution >= 4 is 33.7 Å². The molecule has 0 aliphatic carbocycles. The van der Waals surface area contributed by atoms with Crippen molar-refractivity contribution in [1.29, 1.82) is 0 Å². The van der Waals surface area contributed by atoms with E-state index in [1.807, 2.05) is 96.8 Å². The first-order valence-corrected chi connectivity index (χ1v) is 19.8. The second-order valence-corrected chi connectivity index (χ2v) is 15.3. The number of fused-ring (bicyclic) bond motifs is 2. The van der Waals surface area contributed by atoms with Crippen LogP contribution in [0, 0.1) is 24.7 Å². The molecule has 9 rings (SSSR count). The molecule has 0 amide bonds. The molecular weight excluding hydrogens is 847 g/mol. The molecule has 2 saturated heterocycles. The van der Waals surface area contributed by atoms with Crippen LogP contribution in [0.15, 0.2) is 122 Å². The lowest BCUT2D eigenvalue weighted by atomic mass is 9.77. The monoisotopic (exact) mass is 888 g/mol. The second kappa shape index (κ2) is 16.8. The van der Waals surface area contributed by atoms with Crippen molar-refractivity contribution in [2.75, 3.05) is 31.4 Å². The highest BCUT2D eigenvalue weighted by Gasteiger charge is 2.66. The molecule has 0 bridgehead atoms. The van der Waals surface area contributed by atoms with Crippen LogP contribution in [0.5, 0.6) is 5.75 Å². The predicted molar refractivity (Wildman–Crippen MR) is 231 cm³/mol. The zero-order valence-corrected chi connectivity index (χ0v) is 34.3. The normalized spacial score (nSPS) is 27.4. The lowest BCUT2D eigenvalue weighted by molar-refractivity contribution is -0.206. The minimum absolute atomic E-state index is 0.181. The van der Waals surface area contributed by atoms with Crippen LogP contribution in [-0.2, 0) is 15.0 Å². The summed E-state index contributed by atoms with van der Waals surface area (Å²) in [4.78, 5) is 16.8. The van der Waals surface area contributed by atoms with Gasteiger partial charge in [-0.2, -0.15) is 0 Å². The van der Waals surface area contributed by atoms with E-state index in [-0.39, 0.29) is 17.1 Å². The second-order valence-electron chi connectivity index (χ2n) is 15.3. The summed E-state index contributed by atoms with van der Waals surface area (Å²) in [7, 11) is 1.61. The molecule has 2 aliphatic heterocycles. The van der Waals surface area contributed by atoms with Crippen molar-refractivity contribution in [3.63, 3.8) is 0 Å². The van der Waals surface area contributed by atoms with E-state index in [0.29, 0.717) is 22.3 Å². The number of ether oxygens (including phenoxy) is 3. The smallest absolute Gasteiger partial charge is 0.264 e. The lowest BCUT2D eigenvalue weighted by Crippen LogP contribution is -2.49. The molecule has 19 heteroatoms. The van der Waals surface area contributed by atoms with E-state index >= 15 is 4.39 Å². The van der Waals surface area contributed by atoms with E-state index in [9.17, 15) is 29.9 Å². The Labute approximate surface area is 369 Å². The number of nitrogens with zero attached hydrogens (tertiary/aromatic N) is 6. The summed E-state index contributed by atoms with van der Waals surface area (Å²) in [5.41, 5.74) is 3.07. The summed E-state index contributed by atoms with van der Waals surface area (Å²) in [6.45, 7) is -2.39. The van der Waals surface area contributed by atoms with Crippen LogP contribution in [0.2, 0.25) is 0 Å². The van der Waals surface area contributed by atoms with Gasteiger partial charge in [0.05, 0.1) is 17.9 Å². The Morgan fingerprint density at radius 1 is 0.708 bits per heavy atom. The quantitative estimate of drug-likeness (QED) is 0.0727. The minimum Gasteiger partial charge on any atom is -0.497 e. The summed E-state index contributed by atoms with van der Waals surface area (Å²) in [5.74, 6) is -0.606. The number of nitrogens with two attached hydrogens (primary N) is 1. The minimum atomic E-state index is -2.99. The molecule has 3 aromatic carbocycles. The molecular formula is C46H42F2N8O9. The Kier molecular flexibility index (Phi) is 11.5. The summed E-state index contributed by atoms with van der Waals surface area (Å²) < 4.78 is 48.0. The van der Waals surface area contributed by atoms with E-state index in [0.717, 1.165) is 16.7 Å². The van der Waals surface area contributed by atoms with Crippen LogP contribution in [0.3, 0.4) is 0 Å². The highest BCUT2D eigenvalue weighted by atomic mass is 19.2. The number of rotatable bonds is 10. The molecule has 4 aromatic heterocycles. The summed E-state index contributed by atoms with van der Waals surface area (Å²) in [6.07, 6.45) is 8.77. The standard InChI is InChI=1S/C33H29FN4O5.C13H13FN4O4/c1-3-31(41)29(40)32(34,20-39)43-30(31)38-19-18-26-27(35-21-36-28(26)38)37-33(22-10-6-4-7-11-22,23-12-8-5-9-13-23)24-14-16-25(42-2)17-15-24;1-2-12(21)10(20)13(14,5-19)22-11(12)18-4-3-7-8(15)16-6-17-9(7)18/h1,4-19,21,29-30,39-41H,20H2,2H3,(H,35,36,37);1,3-4,6,10-11,19-21H,5H2,(H2,15,16,17)/t29-,30+,31+,32+;10-,11+,12+,13+/m00/s1. The van der Waals surface area contributed by atoms with Crippen LogP contribution in [-0.4, -0.2) is 115 Å². The Morgan fingerprint density at radius 3 is 1.62 bits per heavy atom. The van der Waals surface area contributed by atoms with Crippen molar-refractivity contribution in [2.45, 2.75) is 53.1 Å². The van der Waals surface area contributed by atoms with Gasteiger partial charge in [0.1, 0.15) is 60.1 Å². The number of halogens is 2. The van der Waals surface area contributed by atoms with Gasteiger partial charge < -0.3 is 65.0 Å². The van der Waals surface area contributed by atoms with Gasteiger partial charge in [-0.25, -0.2) is 28.7 Å². The number of hydrogen-bond acceptors (Lipinski definition) is 15. The first-order valence-electron chi connectivity index (χ1n) is 19.8. The Morgan fingerprint density at radius 2 is 1.15 bits per heavy atom. The van der Waals surface area contributed by atoms with E-state index in [1.165, 1.54) is 40.2 Å². The lowest BCUT2D eigenvalue weighted by Gasteiger charge is -2.37. The van der Waals surface area contributed by atoms with Gasteiger partial charge in [-0.15, -0.1) is 12.8 Å². The average Bonchev–Trinajstić information content (AvgIpc) is 4.08. The number of anilines is 2. The van der Waals surface area contributed by atoms with Crippen molar-refractivity contribution in [1.82, 2.24) is 29.1 Å². The Bertz CT molecular complexity index is 2870. The Balaban J connectivity index is 0.000000219. The van der Waals surface area contributed by atoms with E-state index in [2.05, 4.69) is 25.3 Å². The summed E-state index contributed by atoms with van der Waals surface area (Å²) in [6, 6.07) is 30.7. The largest absolute Gasteiger partial charge is 0.497 e. The third-order valence-electron chi connectivity index (χ3n) is 11.7. The van der Waals surface area contributed by atoms with Gasteiger partial charge in [-0.3, -0.25) is 0 Å². The van der Waals surface area contributed by atoms with Crippen molar-refractivity contribution < 1.29 is 53.6 Å². The maximum Gasteiger partial charge on any atom is 0.264 e. The number of aromatic nitrogens is 6. The maximum absolute atomic E-state index is 15.2. The molecule has 65 heavy (non-hydrogen) atoms. The third-order valence-corrected chi connectivity index (χ3v) is 11.7. The third kappa shape index (κ3) is 7.07. The van der Waals surface area contributed by atoms with Gasteiger partial charge in [-0.05, 0) is 41.0 Å². The SMILES string of the molecule is C#C[C@]1(O)[C@H](n2ccc3c(N)ncnc32)O[C@](F)(CO)[C@H]1O.C#C[C@]1(O)[C@H](n2ccc3c(NC(c4ccccc4)(c4ccccc4)c4ccc(OC)cc4)ncnc32)O[C@](F)(CO)[C@H]1O. The van der Waals surface area contributed by atoms with Gasteiger partial charge in [0.2, 0.25) is 11.2 Å². The molecule has 0 spiro atoms. The first kappa shape index (κ1) is 44.6. The molecule has 334 valence electrons. The van der Waals surface area contributed by atoms with Crippen LogP contribution in [0.25, 0.3) is 22.1 Å². The van der Waals surface area contributed by atoms with Gasteiger partial charge in [0.25, 0.3) is 11.7 Å². The highest BCUT2D eigenvalue weighted by molar-refractivity contribution is 5.89. The number of terminal acetylenes is 2. The predicted octanol–water partition coefficient (Wildman–Crippen LogP) is 2.68. The maximum atomic E-state index is 15.2. The van der Waals surface area contributed by atoms with Crippen LogP contribution in [0.1, 0.15) is 29.1 Å². The number of nitrogen functional groups attached to an aromatic ring is 1. The number of benzene rings is 3. The van der Waals surface area contributed by atoms with Gasteiger partial charge >= 0.3 is 0 Å². The molecule has 0 radical (unpaired) electrons. The molecule has 2 aliphatic rings. The number of alkyl halides is 2. The van der Waals surface area contributed by atoms with Gasteiger partial charge in [-0.1, -0.05) is 84.6 Å². The summed E-state index contributed by atoms with van der Waals surface area (Å²) in [5, 5.41) is 65.3. The molecule has 17 nitrogen and oxygen atoms in total. The number of aliphatic hydroxyl groups excluding tert-OH is 4. The van der Waals surface area contributed by atoms with Crippen LogP contribution < -0.4 is 15.8 Å². The van der Waals surface area contributed by atoms with E-state index in [1.54, 1.807) is 13.2 Å². The molecule has 6 heterocycles. The number of nitrogens with one attached hydrogen (secondary N) is 1. The van der Waals surface area contributed by atoms with E-state index in [4.69, 9.17) is 37.9 Å². The molecule has 2 fully saturated rings. The first-order chi connectivity index (χ1) is 31.2. The van der Waals surface area contributed by atoms with Crippen molar-refractivity contribution in [3.8, 4) is 30.4 Å². The van der Waals surface area contributed by atoms with Crippen molar-refractivity contribution in [3.05, 3.63) is 139 Å². The fourth-order valence-electron chi connectivity index (χ4n) is 8.24. The zero-order chi connectivity index (χ0) is 46.4. The number of hydrogen-bond donors (Lipinski definition) is 8. The molecule has 7 aromatic rings. The summed E-state index contributed by atoms with van der Waals surface area (Å²) >= 11 is 0. The molecule has 0 unspecified atom stereocenters. The fourth-order valence-corrected chi connectivity index (χ4v) is 8.24. The highest BCUT2D eigenvalue weighted by Crippen LogP contribution is 2.48. The van der Waals surface area contributed by atoms with Gasteiger partial charge in [0, 0.05) is 12.4 Å².